The molecule has 1 aliphatic heterocycles. The molecule has 2 aromatic carbocycles. The Balaban J connectivity index is 1.19. The molecule has 0 radical (unpaired) electrons. The van der Waals surface area contributed by atoms with E-state index in [-0.39, 0.29) is 22.9 Å². The van der Waals surface area contributed by atoms with Gasteiger partial charge in [0.05, 0.1) is 24.0 Å². The van der Waals surface area contributed by atoms with Crippen molar-refractivity contribution in [2.24, 2.45) is 11.1 Å². The predicted octanol–water partition coefficient (Wildman–Crippen LogP) is 3.75. The average molecular weight is 535 g/mol. The Labute approximate surface area is 224 Å². The maximum absolute atomic E-state index is 15.3. The number of nitrogens with zero attached hydrogens (tertiary/aromatic N) is 4. The highest BCUT2D eigenvalue weighted by atomic mass is 19.1. The Morgan fingerprint density at radius 3 is 2.56 bits per heavy atom. The van der Waals surface area contributed by atoms with Crippen LogP contribution in [0.25, 0.3) is 10.9 Å². The number of pyridine rings is 1. The Kier molecular flexibility index (Phi) is 6.50. The molecule has 2 heterocycles. The number of methoxy groups -OCH3 is 1. The first-order valence-electron chi connectivity index (χ1n) is 13.4. The van der Waals surface area contributed by atoms with Crippen LogP contribution in [0.1, 0.15) is 46.8 Å². The van der Waals surface area contributed by atoms with Gasteiger partial charge >= 0.3 is 5.97 Å². The molecule has 1 saturated carbocycles. The number of fused-ring (bicyclic) bond motifs is 2. The fourth-order valence-corrected chi connectivity index (χ4v) is 6.04. The molecule has 3 aliphatic rings. The zero-order valence-electron chi connectivity index (χ0n) is 21.8. The van der Waals surface area contributed by atoms with E-state index in [1.807, 2.05) is 27.7 Å². The lowest BCUT2D eigenvalue weighted by atomic mass is 9.81. The molecular formula is C29H31FN4O5. The summed E-state index contributed by atoms with van der Waals surface area (Å²) in [5.74, 6) is -0.936. The quantitative estimate of drug-likeness (QED) is 0.366. The lowest BCUT2D eigenvalue weighted by Crippen LogP contribution is -2.49. The third kappa shape index (κ3) is 4.63. The van der Waals surface area contributed by atoms with E-state index in [4.69, 9.17) is 4.74 Å². The number of carboxylic acid groups (broad SMARTS) is 1. The molecule has 1 atom stereocenters. The summed E-state index contributed by atoms with van der Waals surface area (Å²) in [5, 5.41) is 23.1. The van der Waals surface area contributed by atoms with Gasteiger partial charge in [0.25, 0.3) is 0 Å². The van der Waals surface area contributed by atoms with Crippen molar-refractivity contribution >= 4 is 28.3 Å². The fourth-order valence-electron chi connectivity index (χ4n) is 6.04. The second-order valence-corrected chi connectivity index (χ2v) is 10.7. The zero-order valence-corrected chi connectivity index (χ0v) is 21.8. The van der Waals surface area contributed by atoms with Crippen molar-refractivity contribution < 1.29 is 24.2 Å². The number of carbonyl (C=O) groups is 1. The third-order valence-electron chi connectivity index (χ3n) is 8.31. The second-order valence-electron chi connectivity index (χ2n) is 10.7. The predicted molar refractivity (Wildman–Crippen MR) is 145 cm³/mol. The summed E-state index contributed by atoms with van der Waals surface area (Å²) >= 11 is 0. The van der Waals surface area contributed by atoms with Gasteiger partial charge < -0.3 is 24.5 Å². The number of halogens is 1. The van der Waals surface area contributed by atoms with Crippen LogP contribution >= 0.6 is 0 Å². The maximum Gasteiger partial charge on any atom is 0.341 e. The molecule has 0 spiro atoms. The SMILES string of the molecule is COc1ccc2c(c1)CCC(CN1CCN(c3cc4c(cc3F)c(=O)c(C(=O)O)cn4C3CC3)CC1)C2=NO. The molecule has 10 heteroatoms. The molecule has 2 fully saturated rings. The van der Waals surface area contributed by atoms with Gasteiger partial charge in [-0.15, -0.1) is 0 Å². The Bertz CT molecular complexity index is 1540. The summed E-state index contributed by atoms with van der Waals surface area (Å²) in [4.78, 5) is 28.7. The lowest BCUT2D eigenvalue weighted by Gasteiger charge is -2.38. The van der Waals surface area contributed by atoms with Crippen molar-refractivity contribution in [3.8, 4) is 5.75 Å². The van der Waals surface area contributed by atoms with Crippen molar-refractivity contribution in [2.45, 2.75) is 31.7 Å². The van der Waals surface area contributed by atoms with Crippen LogP contribution in [0, 0.1) is 11.7 Å². The van der Waals surface area contributed by atoms with Crippen LogP contribution in [0.4, 0.5) is 10.1 Å². The number of rotatable bonds is 6. The monoisotopic (exact) mass is 534 g/mol. The number of carboxylic acids is 1. The smallest absolute Gasteiger partial charge is 0.341 e. The van der Waals surface area contributed by atoms with E-state index in [0.717, 1.165) is 62.2 Å². The molecular weight excluding hydrogens is 503 g/mol. The van der Waals surface area contributed by atoms with E-state index in [1.54, 1.807) is 13.2 Å². The number of aryl methyl sites for hydroxylation is 1. The molecule has 3 aromatic rings. The third-order valence-corrected chi connectivity index (χ3v) is 8.31. The number of anilines is 1. The molecule has 0 bridgehead atoms. The van der Waals surface area contributed by atoms with E-state index in [9.17, 15) is 19.9 Å². The molecule has 204 valence electrons. The summed E-state index contributed by atoms with van der Waals surface area (Å²) in [6, 6.07) is 8.87. The fraction of sp³-hybridized carbons (Fsp3) is 0.414. The normalized spacial score (nSPS) is 20.8. The van der Waals surface area contributed by atoms with Crippen molar-refractivity contribution in [3.05, 3.63) is 69.3 Å². The molecule has 2 N–H and O–H groups in total. The first-order chi connectivity index (χ1) is 18.9. The summed E-state index contributed by atoms with van der Waals surface area (Å²) < 4.78 is 22.5. The standard InChI is InChI=1S/C29H31FN4O5/c1-39-20-6-7-21-17(12-20)2-3-18(27(21)31-38)15-32-8-10-33(11-9-32)26-14-25-22(13-24(26)30)28(35)23(29(36)37)16-34(25)19-4-5-19/h6-7,12-14,16,18-19,38H,2-5,8-11,15H2,1H3,(H,36,37). The number of hydrogen-bond acceptors (Lipinski definition) is 7. The van der Waals surface area contributed by atoms with Gasteiger partial charge in [-0.2, -0.15) is 0 Å². The molecule has 1 unspecified atom stereocenters. The van der Waals surface area contributed by atoms with Crippen LogP contribution < -0.4 is 15.1 Å². The Hall–Kier alpha value is -3.92. The number of benzene rings is 2. The molecule has 39 heavy (non-hydrogen) atoms. The number of aromatic carboxylic acids is 1. The molecule has 1 saturated heterocycles. The lowest BCUT2D eigenvalue weighted by molar-refractivity contribution is 0.0695. The van der Waals surface area contributed by atoms with E-state index < -0.39 is 17.2 Å². The van der Waals surface area contributed by atoms with Gasteiger partial charge in [-0.1, -0.05) is 5.16 Å². The van der Waals surface area contributed by atoms with Gasteiger partial charge in [-0.05, 0) is 61.6 Å². The van der Waals surface area contributed by atoms with Crippen LogP contribution in [-0.4, -0.2) is 71.3 Å². The van der Waals surface area contributed by atoms with Gasteiger partial charge in [0.2, 0.25) is 5.43 Å². The highest BCUT2D eigenvalue weighted by molar-refractivity contribution is 6.04. The van der Waals surface area contributed by atoms with E-state index in [2.05, 4.69) is 10.1 Å². The van der Waals surface area contributed by atoms with Gasteiger partial charge in [0.15, 0.2) is 0 Å². The van der Waals surface area contributed by atoms with Crippen molar-refractivity contribution in [1.82, 2.24) is 9.47 Å². The highest BCUT2D eigenvalue weighted by Crippen LogP contribution is 2.38. The molecule has 1 aromatic heterocycles. The van der Waals surface area contributed by atoms with Gasteiger partial charge in [-0.25, -0.2) is 9.18 Å². The van der Waals surface area contributed by atoms with Gasteiger partial charge in [0.1, 0.15) is 17.1 Å². The molecule has 2 aliphatic carbocycles. The topological polar surface area (TPSA) is 108 Å². The zero-order chi connectivity index (χ0) is 27.3. The minimum Gasteiger partial charge on any atom is -0.497 e. The largest absolute Gasteiger partial charge is 0.497 e. The van der Waals surface area contributed by atoms with E-state index >= 15 is 4.39 Å². The first-order valence-corrected chi connectivity index (χ1v) is 13.4. The van der Waals surface area contributed by atoms with E-state index in [1.165, 1.54) is 12.3 Å². The highest BCUT2D eigenvalue weighted by Gasteiger charge is 2.31. The van der Waals surface area contributed by atoms with Crippen LogP contribution in [-0.2, 0) is 6.42 Å². The molecule has 0 amide bonds. The first kappa shape index (κ1) is 25.4. The van der Waals surface area contributed by atoms with Crippen LogP contribution in [0.3, 0.4) is 0 Å². The van der Waals surface area contributed by atoms with Crippen molar-refractivity contribution in [3.63, 3.8) is 0 Å². The van der Waals surface area contributed by atoms with E-state index in [0.29, 0.717) is 30.0 Å². The van der Waals surface area contributed by atoms with Crippen LogP contribution in [0.2, 0.25) is 0 Å². The summed E-state index contributed by atoms with van der Waals surface area (Å²) in [5.41, 5.74) is 2.80. The Morgan fingerprint density at radius 1 is 1.13 bits per heavy atom. The van der Waals surface area contributed by atoms with Gasteiger partial charge in [0, 0.05) is 61.8 Å². The second kappa shape index (κ2) is 10.00. The molecule has 6 rings (SSSR count). The number of piperazine rings is 1. The van der Waals surface area contributed by atoms with Crippen molar-refractivity contribution in [1.29, 1.82) is 0 Å². The van der Waals surface area contributed by atoms with Crippen LogP contribution in [0.15, 0.2) is 46.5 Å². The minimum absolute atomic E-state index is 0.0938. The number of aromatic nitrogens is 1. The van der Waals surface area contributed by atoms with Gasteiger partial charge in [-0.3, -0.25) is 9.69 Å². The minimum atomic E-state index is -1.30. The molecule has 9 nitrogen and oxygen atoms in total. The summed E-state index contributed by atoms with van der Waals surface area (Å²) in [6.45, 7) is 3.40. The number of hydrogen-bond donors (Lipinski definition) is 2. The summed E-state index contributed by atoms with van der Waals surface area (Å²) in [7, 11) is 1.64. The summed E-state index contributed by atoms with van der Waals surface area (Å²) in [6.07, 6.45) is 4.96. The average Bonchev–Trinajstić information content (AvgIpc) is 3.79. The number of ether oxygens (including phenoxy) is 1. The van der Waals surface area contributed by atoms with Crippen molar-refractivity contribution in [2.75, 3.05) is 44.7 Å². The number of oxime groups is 1. The maximum atomic E-state index is 15.3. The Morgan fingerprint density at radius 2 is 1.90 bits per heavy atom. The van der Waals surface area contributed by atoms with Crippen LogP contribution in [0.5, 0.6) is 5.75 Å².